The van der Waals surface area contributed by atoms with Crippen molar-refractivity contribution in [3.63, 3.8) is 0 Å². The molecule has 1 N–H and O–H groups in total. The van der Waals surface area contributed by atoms with Crippen molar-refractivity contribution in [1.82, 2.24) is 19.9 Å². The van der Waals surface area contributed by atoms with Gasteiger partial charge in [-0.1, -0.05) is 24.3 Å². The van der Waals surface area contributed by atoms with Gasteiger partial charge in [-0.25, -0.2) is 32.6 Å². The number of fused-ring (bicyclic) bond motifs is 1. The predicted octanol–water partition coefficient (Wildman–Crippen LogP) is 8.76. The Morgan fingerprint density at radius 1 is 0.945 bits per heavy atom. The number of carbonyl (C=O) groups is 1. The first-order chi connectivity index (χ1) is 25.9. The molecule has 0 unspecified atom stereocenters. The van der Waals surface area contributed by atoms with Crippen molar-refractivity contribution in [2.75, 3.05) is 18.4 Å². The summed E-state index contributed by atoms with van der Waals surface area (Å²) >= 11 is 0. The molecule has 1 aliphatic rings. The van der Waals surface area contributed by atoms with Gasteiger partial charge in [0.05, 0.1) is 22.8 Å². The Kier molecular flexibility index (Phi) is 11.2. The van der Waals surface area contributed by atoms with E-state index >= 15 is 4.39 Å². The second-order valence-electron chi connectivity index (χ2n) is 14.2. The van der Waals surface area contributed by atoms with Gasteiger partial charge in [-0.05, 0) is 99.5 Å². The minimum atomic E-state index is -4.89. The third-order valence-electron chi connectivity index (χ3n) is 8.62. The van der Waals surface area contributed by atoms with Crippen molar-refractivity contribution in [2.45, 2.75) is 70.0 Å². The number of hydrogen-bond donors (Lipinski definition) is 1. The van der Waals surface area contributed by atoms with Gasteiger partial charge in [-0.3, -0.25) is 0 Å². The molecule has 1 fully saturated rings. The highest BCUT2D eigenvalue weighted by Gasteiger charge is 2.31. The van der Waals surface area contributed by atoms with Gasteiger partial charge in [-0.15, -0.1) is 13.2 Å². The molecule has 2 aromatic heterocycles. The van der Waals surface area contributed by atoms with Crippen LogP contribution in [0.15, 0.2) is 79.1 Å². The number of alkyl halides is 3. The number of halogens is 4. The summed E-state index contributed by atoms with van der Waals surface area (Å²) in [7, 11) is -4.01. The van der Waals surface area contributed by atoms with Gasteiger partial charge in [0, 0.05) is 42.5 Å². The zero-order valence-corrected chi connectivity index (χ0v) is 31.3. The van der Waals surface area contributed by atoms with E-state index in [0.29, 0.717) is 52.4 Å². The van der Waals surface area contributed by atoms with Crippen LogP contribution in [-0.4, -0.2) is 65.5 Å². The normalized spacial score (nSPS) is 15.1. The third kappa shape index (κ3) is 10.2. The Morgan fingerprint density at radius 3 is 2.42 bits per heavy atom. The SMILES string of the molecule is Cc1ccc2c(CS(=O)(=O)Cc3ccc(OC(F)(F)F)cc3)c(F)ccc2c1Oc1ncccc1-c1ccnc(N[C@H]2CCCN(C(=O)OC(C)(C)C)C2)n1. The molecular formula is C39H39F4N5O6S. The molecule has 0 aliphatic carbocycles. The highest BCUT2D eigenvalue weighted by atomic mass is 32.2. The van der Waals surface area contributed by atoms with Crippen LogP contribution in [0.2, 0.25) is 0 Å². The molecule has 16 heteroatoms. The Balaban J connectivity index is 1.23. The molecule has 1 amide bonds. The summed E-state index contributed by atoms with van der Waals surface area (Å²) in [5.74, 6) is -1.59. The van der Waals surface area contributed by atoms with Gasteiger partial charge in [0.15, 0.2) is 9.84 Å². The summed E-state index contributed by atoms with van der Waals surface area (Å²) in [5, 5.41) is 4.07. The van der Waals surface area contributed by atoms with E-state index in [1.54, 1.807) is 54.5 Å². The number of sulfone groups is 1. The minimum Gasteiger partial charge on any atom is -0.444 e. The minimum absolute atomic E-state index is 0.0833. The summed E-state index contributed by atoms with van der Waals surface area (Å²) < 4.78 is 95.5. The third-order valence-corrected chi connectivity index (χ3v) is 10.1. The lowest BCUT2D eigenvalue weighted by Crippen LogP contribution is -2.47. The Labute approximate surface area is 315 Å². The number of aryl methyl sites for hydroxylation is 1. The van der Waals surface area contributed by atoms with Crippen molar-refractivity contribution in [3.8, 4) is 28.6 Å². The average Bonchev–Trinajstić information content (AvgIpc) is 3.10. The molecule has 290 valence electrons. The number of nitrogens with one attached hydrogen (secondary N) is 1. The fourth-order valence-electron chi connectivity index (χ4n) is 6.23. The fraction of sp³-hybridized carbons (Fsp3) is 0.333. The van der Waals surface area contributed by atoms with E-state index in [9.17, 15) is 26.4 Å². The van der Waals surface area contributed by atoms with E-state index in [1.807, 2.05) is 20.8 Å². The van der Waals surface area contributed by atoms with E-state index < -0.39 is 44.9 Å². The number of anilines is 1. The molecule has 3 heterocycles. The number of likely N-dealkylation sites (tertiary alicyclic amines) is 1. The molecule has 0 spiro atoms. The number of rotatable bonds is 10. The van der Waals surface area contributed by atoms with Crippen LogP contribution in [0.3, 0.4) is 0 Å². The number of carbonyl (C=O) groups excluding carboxylic acids is 1. The van der Waals surface area contributed by atoms with Crippen LogP contribution in [0.1, 0.15) is 50.3 Å². The molecule has 11 nitrogen and oxygen atoms in total. The lowest BCUT2D eigenvalue weighted by Gasteiger charge is -2.34. The van der Waals surface area contributed by atoms with Gasteiger partial charge in [-0.2, -0.15) is 0 Å². The molecule has 3 aromatic carbocycles. The molecule has 0 radical (unpaired) electrons. The Hall–Kier alpha value is -5.51. The zero-order valence-electron chi connectivity index (χ0n) is 30.5. The number of hydrogen-bond acceptors (Lipinski definition) is 10. The average molecular weight is 782 g/mol. The van der Waals surface area contributed by atoms with Crippen LogP contribution in [-0.2, 0) is 26.1 Å². The second kappa shape index (κ2) is 15.7. The smallest absolute Gasteiger partial charge is 0.444 e. The van der Waals surface area contributed by atoms with E-state index in [1.165, 1.54) is 24.3 Å². The van der Waals surface area contributed by atoms with Gasteiger partial charge in [0.2, 0.25) is 11.8 Å². The lowest BCUT2D eigenvalue weighted by molar-refractivity contribution is -0.274. The number of aromatic nitrogens is 3. The maximum absolute atomic E-state index is 15.4. The fourth-order valence-corrected chi connectivity index (χ4v) is 7.76. The number of piperidine rings is 1. The van der Waals surface area contributed by atoms with E-state index in [4.69, 9.17) is 14.5 Å². The van der Waals surface area contributed by atoms with Crippen LogP contribution < -0.4 is 14.8 Å². The van der Waals surface area contributed by atoms with E-state index in [0.717, 1.165) is 25.0 Å². The number of amides is 1. The second-order valence-corrected chi connectivity index (χ2v) is 16.3. The van der Waals surface area contributed by atoms with Crippen LogP contribution in [0.5, 0.6) is 17.4 Å². The van der Waals surface area contributed by atoms with Gasteiger partial charge in [0.25, 0.3) is 0 Å². The first-order valence-corrected chi connectivity index (χ1v) is 19.2. The molecule has 0 bridgehead atoms. The first kappa shape index (κ1) is 39.2. The van der Waals surface area contributed by atoms with E-state index in [-0.39, 0.29) is 29.1 Å². The quantitative estimate of drug-likeness (QED) is 0.137. The molecule has 1 atom stereocenters. The lowest BCUT2D eigenvalue weighted by atomic mass is 10.0. The Morgan fingerprint density at radius 2 is 1.69 bits per heavy atom. The van der Waals surface area contributed by atoms with E-state index in [2.05, 4.69) is 20.0 Å². The van der Waals surface area contributed by atoms with Crippen LogP contribution >= 0.6 is 0 Å². The highest BCUT2D eigenvalue weighted by Crippen LogP contribution is 2.39. The molecule has 1 aliphatic heterocycles. The van der Waals surface area contributed by atoms with Crippen molar-refractivity contribution >= 4 is 32.7 Å². The van der Waals surface area contributed by atoms with Crippen molar-refractivity contribution in [1.29, 1.82) is 0 Å². The standard InChI is InChI=1S/C39H39F4N5O6S/c1-24-9-14-28-29(15-16-32(40)31(28)23-55(50,51)22-25-10-12-27(13-11-25)53-39(41,42)43)34(24)52-35-30(8-5-18-44-35)33-17-19-45-36(47-33)46-26-7-6-20-48(21-26)37(49)54-38(2,3)4/h5,8-19,26H,6-7,20-23H2,1-4H3,(H,45,46,47)/t26-/m0/s1. The summed E-state index contributed by atoms with van der Waals surface area (Å²) in [4.78, 5) is 28.0. The largest absolute Gasteiger partial charge is 0.573 e. The molecular weight excluding hydrogens is 743 g/mol. The Bertz CT molecular complexity index is 2300. The maximum atomic E-state index is 15.4. The summed E-state index contributed by atoms with van der Waals surface area (Å²) in [6, 6.07) is 15.5. The summed E-state index contributed by atoms with van der Waals surface area (Å²) in [6.07, 6.45) is -0.548. The molecule has 55 heavy (non-hydrogen) atoms. The predicted molar refractivity (Wildman–Crippen MR) is 198 cm³/mol. The zero-order chi connectivity index (χ0) is 39.5. The number of benzene rings is 3. The molecule has 5 aromatic rings. The summed E-state index contributed by atoms with van der Waals surface area (Å²) in [6.45, 7) is 8.27. The van der Waals surface area contributed by atoms with Crippen LogP contribution in [0.4, 0.5) is 28.3 Å². The number of pyridine rings is 1. The van der Waals surface area contributed by atoms with Crippen LogP contribution in [0.25, 0.3) is 22.0 Å². The van der Waals surface area contributed by atoms with Gasteiger partial charge >= 0.3 is 12.5 Å². The first-order valence-electron chi connectivity index (χ1n) is 17.4. The van der Waals surface area contributed by atoms with Crippen molar-refractivity contribution in [3.05, 3.63) is 102 Å². The molecule has 6 rings (SSSR count). The number of nitrogens with zero attached hydrogens (tertiary/aromatic N) is 4. The number of ether oxygens (including phenoxy) is 3. The molecule has 1 saturated heterocycles. The topological polar surface area (TPSA) is 133 Å². The van der Waals surface area contributed by atoms with Crippen LogP contribution in [0, 0.1) is 12.7 Å². The van der Waals surface area contributed by atoms with Crippen molar-refractivity contribution < 1.29 is 45.0 Å². The monoisotopic (exact) mass is 781 g/mol. The summed E-state index contributed by atoms with van der Waals surface area (Å²) in [5.41, 5.74) is 1.21. The van der Waals surface area contributed by atoms with Crippen molar-refractivity contribution in [2.24, 2.45) is 0 Å². The van der Waals surface area contributed by atoms with Gasteiger partial charge < -0.3 is 24.4 Å². The molecule has 0 saturated carbocycles. The maximum Gasteiger partial charge on any atom is 0.573 e. The van der Waals surface area contributed by atoms with Gasteiger partial charge in [0.1, 0.15) is 22.9 Å². The highest BCUT2D eigenvalue weighted by molar-refractivity contribution is 7.89.